The van der Waals surface area contributed by atoms with E-state index in [-0.39, 0.29) is 12.3 Å². The molecule has 0 aliphatic carbocycles. The molecule has 0 radical (unpaired) electrons. The molecule has 110 valence electrons. The van der Waals surface area contributed by atoms with Crippen molar-refractivity contribution >= 4 is 22.0 Å². The standard InChI is InChI=1S/C10H19N3O5S/c1-11-19(17,18)7-5-12-10(16)13-6-3-2-4-8(13)9(14)15/h8,11H,2-7H2,1H3,(H,12,16)(H,14,15). The van der Waals surface area contributed by atoms with Crippen LogP contribution in [0.1, 0.15) is 19.3 Å². The van der Waals surface area contributed by atoms with E-state index in [1.807, 2.05) is 0 Å². The van der Waals surface area contributed by atoms with Gasteiger partial charge in [0.05, 0.1) is 5.75 Å². The molecule has 19 heavy (non-hydrogen) atoms. The normalized spacial score (nSPS) is 20.1. The lowest BCUT2D eigenvalue weighted by atomic mass is 10.0. The molecule has 1 atom stereocenters. The van der Waals surface area contributed by atoms with Crippen LogP contribution in [0, 0.1) is 0 Å². The molecular weight excluding hydrogens is 274 g/mol. The lowest BCUT2D eigenvalue weighted by molar-refractivity contribution is -0.143. The summed E-state index contributed by atoms with van der Waals surface area (Å²) in [6.07, 6.45) is 1.96. The van der Waals surface area contributed by atoms with Gasteiger partial charge in [-0.15, -0.1) is 0 Å². The number of nitrogens with zero attached hydrogens (tertiary/aromatic N) is 1. The van der Waals surface area contributed by atoms with E-state index in [1.165, 1.54) is 11.9 Å². The third-order valence-corrected chi connectivity index (χ3v) is 4.37. The fourth-order valence-corrected chi connectivity index (χ4v) is 2.50. The Labute approximate surface area is 112 Å². The smallest absolute Gasteiger partial charge is 0.326 e. The highest BCUT2D eigenvalue weighted by atomic mass is 32.2. The van der Waals surface area contributed by atoms with Gasteiger partial charge < -0.3 is 15.3 Å². The summed E-state index contributed by atoms with van der Waals surface area (Å²) in [5.41, 5.74) is 0. The fourth-order valence-electron chi connectivity index (χ4n) is 1.93. The predicted molar refractivity (Wildman–Crippen MR) is 68.2 cm³/mol. The first-order chi connectivity index (χ1) is 8.87. The first-order valence-electron chi connectivity index (χ1n) is 6.06. The van der Waals surface area contributed by atoms with Crippen LogP contribution in [0.25, 0.3) is 0 Å². The number of likely N-dealkylation sites (tertiary alicyclic amines) is 1. The second kappa shape index (κ2) is 6.71. The maximum absolute atomic E-state index is 11.8. The summed E-state index contributed by atoms with van der Waals surface area (Å²) in [6.45, 7) is 0.326. The van der Waals surface area contributed by atoms with E-state index >= 15 is 0 Å². The number of rotatable bonds is 5. The summed E-state index contributed by atoms with van der Waals surface area (Å²) in [5.74, 6) is -1.27. The Morgan fingerprint density at radius 1 is 1.37 bits per heavy atom. The van der Waals surface area contributed by atoms with Gasteiger partial charge in [0.25, 0.3) is 0 Å². The van der Waals surface area contributed by atoms with E-state index in [9.17, 15) is 18.0 Å². The molecule has 0 bridgehead atoms. The van der Waals surface area contributed by atoms with Crippen LogP contribution in [0.2, 0.25) is 0 Å². The van der Waals surface area contributed by atoms with E-state index in [1.54, 1.807) is 0 Å². The molecule has 1 heterocycles. The molecule has 0 aromatic rings. The monoisotopic (exact) mass is 293 g/mol. The van der Waals surface area contributed by atoms with Crippen LogP contribution >= 0.6 is 0 Å². The van der Waals surface area contributed by atoms with E-state index in [4.69, 9.17) is 5.11 Å². The molecule has 8 nitrogen and oxygen atoms in total. The third-order valence-electron chi connectivity index (χ3n) is 3.01. The maximum atomic E-state index is 11.8. The van der Waals surface area contributed by atoms with E-state index < -0.39 is 28.1 Å². The molecule has 9 heteroatoms. The first-order valence-corrected chi connectivity index (χ1v) is 7.71. The number of carbonyl (C=O) groups is 2. The average molecular weight is 293 g/mol. The van der Waals surface area contributed by atoms with Crippen LogP contribution < -0.4 is 10.0 Å². The Balaban J connectivity index is 2.50. The number of piperidine rings is 1. The Kier molecular flexibility index (Phi) is 5.55. The molecule has 1 unspecified atom stereocenters. The number of nitrogens with one attached hydrogen (secondary N) is 2. The summed E-state index contributed by atoms with van der Waals surface area (Å²) >= 11 is 0. The molecule has 0 spiro atoms. The van der Waals surface area contributed by atoms with Crippen molar-refractivity contribution in [3.63, 3.8) is 0 Å². The third kappa shape index (κ3) is 4.67. The molecule has 0 aromatic carbocycles. The number of carboxylic acid groups (broad SMARTS) is 1. The van der Waals surface area contributed by atoms with E-state index in [2.05, 4.69) is 10.0 Å². The fraction of sp³-hybridized carbons (Fsp3) is 0.800. The Morgan fingerprint density at radius 3 is 2.63 bits per heavy atom. The van der Waals surface area contributed by atoms with Crippen LogP contribution in [0.5, 0.6) is 0 Å². The van der Waals surface area contributed by atoms with Gasteiger partial charge in [-0.1, -0.05) is 0 Å². The van der Waals surface area contributed by atoms with Crippen LogP contribution in [-0.2, 0) is 14.8 Å². The van der Waals surface area contributed by atoms with Gasteiger partial charge in [-0.3, -0.25) is 0 Å². The second-order valence-electron chi connectivity index (χ2n) is 4.30. The van der Waals surface area contributed by atoms with Gasteiger partial charge in [0.15, 0.2) is 0 Å². The topological polar surface area (TPSA) is 116 Å². The SMILES string of the molecule is CNS(=O)(=O)CCNC(=O)N1CCCCC1C(=O)O. The van der Waals surface area contributed by atoms with Gasteiger partial charge in [-0.05, 0) is 26.3 Å². The molecular formula is C10H19N3O5S. The minimum Gasteiger partial charge on any atom is -0.480 e. The summed E-state index contributed by atoms with van der Waals surface area (Å²) in [4.78, 5) is 24.1. The summed E-state index contributed by atoms with van der Waals surface area (Å²) in [6, 6.07) is -1.35. The number of urea groups is 1. The maximum Gasteiger partial charge on any atom is 0.326 e. The number of hydrogen-bond acceptors (Lipinski definition) is 4. The molecule has 1 saturated heterocycles. The van der Waals surface area contributed by atoms with Crippen molar-refractivity contribution < 1.29 is 23.1 Å². The van der Waals surface area contributed by atoms with Crippen LogP contribution in [0.4, 0.5) is 4.79 Å². The van der Waals surface area contributed by atoms with Crippen molar-refractivity contribution in [2.24, 2.45) is 0 Å². The lowest BCUT2D eigenvalue weighted by Crippen LogP contribution is -2.52. The molecule has 1 fully saturated rings. The summed E-state index contributed by atoms with van der Waals surface area (Å²) in [7, 11) is -2.08. The number of aliphatic carboxylic acids is 1. The minimum absolute atomic E-state index is 0.0507. The van der Waals surface area contributed by atoms with Crippen LogP contribution in [0.3, 0.4) is 0 Å². The van der Waals surface area contributed by atoms with Crippen molar-refractivity contribution in [1.29, 1.82) is 0 Å². The molecule has 0 saturated carbocycles. The molecule has 1 rings (SSSR count). The van der Waals surface area contributed by atoms with E-state index in [0.717, 1.165) is 12.8 Å². The molecule has 2 amide bonds. The van der Waals surface area contributed by atoms with Crippen LogP contribution in [-0.4, -0.2) is 62.4 Å². The van der Waals surface area contributed by atoms with Gasteiger partial charge in [-0.2, -0.15) is 0 Å². The predicted octanol–water partition coefficient (Wildman–Crippen LogP) is -0.816. The molecule has 1 aliphatic heterocycles. The average Bonchev–Trinajstić information content (AvgIpc) is 2.38. The van der Waals surface area contributed by atoms with Crippen LogP contribution in [0.15, 0.2) is 0 Å². The number of carbonyl (C=O) groups excluding carboxylic acids is 1. The molecule has 1 aliphatic rings. The quantitative estimate of drug-likeness (QED) is 0.613. The summed E-state index contributed by atoms with van der Waals surface area (Å²) in [5, 5.41) is 11.5. The lowest BCUT2D eigenvalue weighted by Gasteiger charge is -2.32. The highest BCUT2D eigenvalue weighted by molar-refractivity contribution is 7.89. The Morgan fingerprint density at radius 2 is 2.05 bits per heavy atom. The van der Waals surface area contributed by atoms with Gasteiger partial charge in [0.1, 0.15) is 6.04 Å². The Bertz CT molecular complexity index is 436. The zero-order valence-corrected chi connectivity index (χ0v) is 11.6. The van der Waals surface area contributed by atoms with Crippen molar-refractivity contribution in [2.45, 2.75) is 25.3 Å². The number of carboxylic acids is 1. The number of hydrogen-bond donors (Lipinski definition) is 3. The first kappa shape index (κ1) is 15.7. The van der Waals surface area contributed by atoms with Crippen molar-refractivity contribution in [1.82, 2.24) is 14.9 Å². The van der Waals surface area contributed by atoms with Gasteiger partial charge in [0.2, 0.25) is 10.0 Å². The number of sulfonamides is 1. The minimum atomic E-state index is -3.38. The van der Waals surface area contributed by atoms with Gasteiger partial charge >= 0.3 is 12.0 Å². The molecule has 0 aromatic heterocycles. The van der Waals surface area contributed by atoms with Crippen molar-refractivity contribution in [3.05, 3.63) is 0 Å². The van der Waals surface area contributed by atoms with Gasteiger partial charge in [0, 0.05) is 13.1 Å². The Hall–Kier alpha value is -1.35. The van der Waals surface area contributed by atoms with E-state index in [0.29, 0.717) is 13.0 Å². The zero-order chi connectivity index (χ0) is 14.5. The van der Waals surface area contributed by atoms with Crippen molar-refractivity contribution in [2.75, 3.05) is 25.9 Å². The highest BCUT2D eigenvalue weighted by Crippen LogP contribution is 2.17. The zero-order valence-electron chi connectivity index (χ0n) is 10.8. The van der Waals surface area contributed by atoms with Crippen molar-refractivity contribution in [3.8, 4) is 0 Å². The highest BCUT2D eigenvalue weighted by Gasteiger charge is 2.31. The summed E-state index contributed by atoms with van der Waals surface area (Å²) < 4.78 is 24.5. The molecule has 3 N–H and O–H groups in total. The second-order valence-corrected chi connectivity index (χ2v) is 6.34. The van der Waals surface area contributed by atoms with Gasteiger partial charge in [-0.25, -0.2) is 22.7 Å². The largest absolute Gasteiger partial charge is 0.480 e. The number of amides is 2.